The number of halogens is 3. The summed E-state index contributed by atoms with van der Waals surface area (Å²) in [6.45, 7) is 9.79. The van der Waals surface area contributed by atoms with Crippen LogP contribution in [0.2, 0.25) is 0 Å². The first-order chi connectivity index (χ1) is 5.89. The van der Waals surface area contributed by atoms with Gasteiger partial charge in [-0.25, -0.2) is 0 Å². The van der Waals surface area contributed by atoms with Gasteiger partial charge in [0.25, 0.3) is 0 Å². The molecule has 0 amide bonds. The Bertz CT molecular complexity index is 238. The fourth-order valence-corrected chi connectivity index (χ4v) is 0.565. The van der Waals surface area contributed by atoms with Crippen LogP contribution < -0.4 is 0 Å². The number of alkyl halides is 3. The molecule has 0 aliphatic rings. The zero-order valence-corrected chi connectivity index (χ0v) is 6.90. The molecule has 0 aliphatic carbocycles. The van der Waals surface area contributed by atoms with Crippen LogP contribution in [0.5, 0.6) is 0 Å². The summed E-state index contributed by atoms with van der Waals surface area (Å²) in [5.41, 5.74) is 0.411. The minimum Gasteiger partial charge on any atom is -0.406 e. The zero-order chi connectivity index (χ0) is 10.5. The zero-order valence-electron chi connectivity index (χ0n) is 6.90. The fourth-order valence-electron chi connectivity index (χ4n) is 0.565. The SMILES string of the molecule is C=CC(C=C)=CC(=C)OC(F)(F)F. The summed E-state index contributed by atoms with van der Waals surface area (Å²) < 4.78 is 38.3. The average molecular weight is 190 g/mol. The minimum atomic E-state index is -4.71. The van der Waals surface area contributed by atoms with E-state index in [2.05, 4.69) is 24.5 Å². The van der Waals surface area contributed by atoms with Crippen LogP contribution in [0, 0.1) is 0 Å². The van der Waals surface area contributed by atoms with Crippen molar-refractivity contribution in [2.45, 2.75) is 6.36 Å². The molecule has 0 aliphatic heterocycles. The van der Waals surface area contributed by atoms with Crippen LogP contribution in [-0.4, -0.2) is 6.36 Å². The molecule has 0 aromatic rings. The largest absolute Gasteiger partial charge is 0.573 e. The van der Waals surface area contributed by atoms with Crippen molar-refractivity contribution in [3.8, 4) is 0 Å². The van der Waals surface area contributed by atoms with Crippen LogP contribution >= 0.6 is 0 Å². The van der Waals surface area contributed by atoms with E-state index in [1.165, 1.54) is 12.2 Å². The molecule has 0 radical (unpaired) electrons. The lowest BCUT2D eigenvalue weighted by atomic mass is 10.2. The van der Waals surface area contributed by atoms with E-state index >= 15 is 0 Å². The first-order valence-electron chi connectivity index (χ1n) is 3.30. The summed E-state index contributed by atoms with van der Waals surface area (Å²) in [6, 6.07) is 0. The van der Waals surface area contributed by atoms with Gasteiger partial charge >= 0.3 is 6.36 Å². The van der Waals surface area contributed by atoms with E-state index in [0.717, 1.165) is 6.08 Å². The van der Waals surface area contributed by atoms with Gasteiger partial charge in [0.1, 0.15) is 5.76 Å². The molecule has 0 rings (SSSR count). The molecule has 72 valence electrons. The number of allylic oxidation sites excluding steroid dienone is 4. The summed E-state index contributed by atoms with van der Waals surface area (Å²) in [7, 11) is 0. The highest BCUT2D eigenvalue weighted by molar-refractivity contribution is 5.32. The Morgan fingerprint density at radius 1 is 1.15 bits per heavy atom. The van der Waals surface area contributed by atoms with E-state index in [1.807, 2.05) is 0 Å². The Hall–Kier alpha value is -1.45. The van der Waals surface area contributed by atoms with Gasteiger partial charge in [-0.1, -0.05) is 31.9 Å². The molecular formula is C9H9F3O. The Morgan fingerprint density at radius 3 is 1.92 bits per heavy atom. The first-order valence-corrected chi connectivity index (χ1v) is 3.30. The van der Waals surface area contributed by atoms with Crippen LogP contribution in [0.25, 0.3) is 0 Å². The molecule has 0 fully saturated rings. The number of rotatable bonds is 4. The molecule has 13 heavy (non-hydrogen) atoms. The highest BCUT2D eigenvalue weighted by Gasteiger charge is 2.30. The summed E-state index contributed by atoms with van der Waals surface area (Å²) in [5.74, 6) is -0.498. The van der Waals surface area contributed by atoms with Crippen molar-refractivity contribution in [3.05, 3.63) is 49.3 Å². The molecule has 0 atom stereocenters. The second-order valence-electron chi connectivity index (χ2n) is 2.07. The van der Waals surface area contributed by atoms with Crippen LogP contribution in [0.4, 0.5) is 13.2 Å². The van der Waals surface area contributed by atoms with Crippen LogP contribution in [0.1, 0.15) is 0 Å². The van der Waals surface area contributed by atoms with Crippen molar-refractivity contribution in [2.24, 2.45) is 0 Å². The van der Waals surface area contributed by atoms with Gasteiger partial charge in [-0.15, -0.1) is 13.2 Å². The molecule has 1 nitrogen and oxygen atoms in total. The number of ether oxygens (including phenoxy) is 1. The van der Waals surface area contributed by atoms with Gasteiger partial charge in [-0.3, -0.25) is 0 Å². The van der Waals surface area contributed by atoms with Gasteiger partial charge < -0.3 is 4.74 Å². The van der Waals surface area contributed by atoms with Crippen molar-refractivity contribution in [2.75, 3.05) is 0 Å². The summed E-state index contributed by atoms with van der Waals surface area (Å²) in [4.78, 5) is 0. The van der Waals surface area contributed by atoms with Gasteiger partial charge in [0, 0.05) is 0 Å². The standard InChI is InChI=1S/C9H9F3O/c1-4-8(5-2)6-7(3)13-9(10,11)12/h4-6H,1-3H2. The molecule has 0 bridgehead atoms. The molecule has 0 aromatic heterocycles. The monoisotopic (exact) mass is 190 g/mol. The van der Waals surface area contributed by atoms with Crippen molar-refractivity contribution in [3.63, 3.8) is 0 Å². The van der Waals surface area contributed by atoms with Crippen LogP contribution in [-0.2, 0) is 4.74 Å². The fraction of sp³-hybridized carbons (Fsp3) is 0.111. The van der Waals surface area contributed by atoms with E-state index in [9.17, 15) is 13.2 Å². The molecule has 0 saturated carbocycles. The van der Waals surface area contributed by atoms with E-state index < -0.39 is 12.1 Å². The Balaban J connectivity index is 4.38. The predicted molar refractivity (Wildman–Crippen MR) is 44.8 cm³/mol. The third-order valence-electron chi connectivity index (χ3n) is 1.05. The Kier molecular flexibility index (Phi) is 4.04. The van der Waals surface area contributed by atoms with E-state index in [4.69, 9.17) is 0 Å². The van der Waals surface area contributed by atoms with Crippen LogP contribution in [0.3, 0.4) is 0 Å². The predicted octanol–water partition coefficient (Wildman–Crippen LogP) is 3.33. The van der Waals surface area contributed by atoms with Gasteiger partial charge in [-0.05, 0) is 11.6 Å². The third kappa shape index (κ3) is 5.78. The maximum atomic E-state index is 11.6. The maximum absolute atomic E-state index is 11.6. The second kappa shape index (κ2) is 4.54. The smallest absolute Gasteiger partial charge is 0.406 e. The second-order valence-corrected chi connectivity index (χ2v) is 2.07. The molecule has 0 spiro atoms. The van der Waals surface area contributed by atoms with Gasteiger partial charge in [0.15, 0.2) is 0 Å². The van der Waals surface area contributed by atoms with E-state index in [-0.39, 0.29) is 0 Å². The maximum Gasteiger partial charge on any atom is 0.573 e. The molecule has 0 saturated heterocycles. The number of hydrogen-bond acceptors (Lipinski definition) is 1. The van der Waals surface area contributed by atoms with Crippen molar-refractivity contribution < 1.29 is 17.9 Å². The third-order valence-corrected chi connectivity index (χ3v) is 1.05. The molecule has 0 N–H and O–H groups in total. The lowest BCUT2D eigenvalue weighted by Gasteiger charge is -2.08. The van der Waals surface area contributed by atoms with E-state index in [1.54, 1.807) is 0 Å². The summed E-state index contributed by atoms with van der Waals surface area (Å²) in [6.07, 6.45) is -0.926. The summed E-state index contributed by atoms with van der Waals surface area (Å²) in [5, 5.41) is 0. The topological polar surface area (TPSA) is 9.23 Å². The van der Waals surface area contributed by atoms with Gasteiger partial charge in [0.05, 0.1) is 0 Å². The van der Waals surface area contributed by atoms with Crippen LogP contribution in [0.15, 0.2) is 49.3 Å². The quantitative estimate of drug-likeness (QED) is 0.488. The highest BCUT2D eigenvalue weighted by Crippen LogP contribution is 2.21. The van der Waals surface area contributed by atoms with Gasteiger partial charge in [-0.2, -0.15) is 0 Å². The molecule has 0 unspecified atom stereocenters. The van der Waals surface area contributed by atoms with Crippen molar-refractivity contribution in [1.82, 2.24) is 0 Å². The Morgan fingerprint density at radius 2 is 1.62 bits per heavy atom. The van der Waals surface area contributed by atoms with E-state index in [0.29, 0.717) is 5.57 Å². The van der Waals surface area contributed by atoms with Gasteiger partial charge in [0.2, 0.25) is 0 Å². The molecule has 0 heterocycles. The molecule has 4 heteroatoms. The normalized spacial score (nSPS) is 10.1. The first kappa shape index (κ1) is 11.6. The Labute approximate surface area is 74.5 Å². The summed E-state index contributed by atoms with van der Waals surface area (Å²) >= 11 is 0. The highest BCUT2D eigenvalue weighted by atomic mass is 19.4. The molecule has 0 aromatic carbocycles. The van der Waals surface area contributed by atoms with Crippen molar-refractivity contribution in [1.29, 1.82) is 0 Å². The minimum absolute atomic E-state index is 0.411. The average Bonchev–Trinajstić information content (AvgIpc) is 1.96. The molecular weight excluding hydrogens is 181 g/mol. The lowest BCUT2D eigenvalue weighted by Crippen LogP contribution is -2.11. The van der Waals surface area contributed by atoms with Crippen molar-refractivity contribution >= 4 is 0 Å². The lowest BCUT2D eigenvalue weighted by molar-refractivity contribution is -0.303. The number of hydrogen-bond donors (Lipinski definition) is 0.